The number of para-hydroxylation sites is 2. The van der Waals surface area contributed by atoms with Gasteiger partial charge < -0.3 is 5.11 Å². The van der Waals surface area contributed by atoms with Crippen molar-refractivity contribution in [1.29, 1.82) is 0 Å². The summed E-state index contributed by atoms with van der Waals surface area (Å²) in [4.78, 5) is 30.7. The number of fused-ring (bicyclic) bond motifs is 3. The van der Waals surface area contributed by atoms with Gasteiger partial charge in [0.1, 0.15) is 5.75 Å². The first-order valence-electron chi connectivity index (χ1n) is 8.51. The number of phenols is 1. The molecule has 0 aliphatic heterocycles. The van der Waals surface area contributed by atoms with Gasteiger partial charge in [-0.15, -0.1) is 11.3 Å². The summed E-state index contributed by atoms with van der Waals surface area (Å²) in [5.41, 5.74) is 1.08. The molecule has 0 fully saturated rings. The molecule has 140 valence electrons. The van der Waals surface area contributed by atoms with Crippen LogP contribution in [-0.4, -0.2) is 28.2 Å². The molecule has 0 atom stereocenters. The van der Waals surface area contributed by atoms with Gasteiger partial charge in [0.15, 0.2) is 11.2 Å². The van der Waals surface area contributed by atoms with Gasteiger partial charge in [-0.3, -0.25) is 22.9 Å². The molecule has 5 aromatic rings. The number of nitrogens with zero attached hydrogens (tertiary/aromatic N) is 5. The molecule has 0 bridgehead atoms. The quantitative estimate of drug-likeness (QED) is 0.498. The fourth-order valence-corrected chi connectivity index (χ4v) is 4.19. The molecule has 0 saturated carbocycles. The Balaban J connectivity index is 2.02. The summed E-state index contributed by atoms with van der Waals surface area (Å²) in [6.07, 6.45) is 1.81. The minimum absolute atomic E-state index is 0.0900. The Labute approximate surface area is 161 Å². The zero-order chi connectivity index (χ0) is 19.6. The minimum atomic E-state index is -0.439. The average molecular weight is 393 g/mol. The predicted molar refractivity (Wildman–Crippen MR) is 107 cm³/mol. The number of aromatic nitrogens is 5. The standard InChI is InChI=1S/C19H15N5O3S/c1-21-16-15(17(26)22(2)19(21)27)23-10-12(14-8-5-9-28-14)24(18(23)20-16)11-6-3-4-7-13(11)25/h3-10,25H,1-2H3. The van der Waals surface area contributed by atoms with E-state index in [2.05, 4.69) is 4.98 Å². The van der Waals surface area contributed by atoms with Crippen molar-refractivity contribution in [2.24, 2.45) is 14.1 Å². The largest absolute Gasteiger partial charge is 0.506 e. The molecule has 0 spiro atoms. The van der Waals surface area contributed by atoms with E-state index in [4.69, 9.17) is 0 Å². The molecule has 0 unspecified atom stereocenters. The summed E-state index contributed by atoms with van der Waals surface area (Å²) in [5, 5.41) is 12.4. The summed E-state index contributed by atoms with van der Waals surface area (Å²) in [6.45, 7) is 0. The second kappa shape index (κ2) is 5.70. The fraction of sp³-hybridized carbons (Fsp3) is 0.105. The number of phenolic OH excluding ortho intramolecular Hbond substituents is 1. The third-order valence-electron chi connectivity index (χ3n) is 4.86. The Kier molecular flexibility index (Phi) is 3.37. The van der Waals surface area contributed by atoms with Gasteiger partial charge in [0, 0.05) is 20.3 Å². The molecule has 0 aliphatic rings. The first kappa shape index (κ1) is 16.6. The highest BCUT2D eigenvalue weighted by Gasteiger charge is 2.22. The zero-order valence-corrected chi connectivity index (χ0v) is 15.8. The number of hydrogen-bond donors (Lipinski definition) is 1. The van der Waals surface area contributed by atoms with Crippen LogP contribution >= 0.6 is 11.3 Å². The SMILES string of the molecule is Cn1c(=O)c2c(nc3n(-c4ccccc4O)c(-c4cccs4)cn23)n(C)c1=O. The molecule has 28 heavy (non-hydrogen) atoms. The highest BCUT2D eigenvalue weighted by atomic mass is 32.1. The number of hydrogen-bond acceptors (Lipinski definition) is 5. The molecule has 1 aromatic carbocycles. The van der Waals surface area contributed by atoms with Crippen molar-refractivity contribution in [3.05, 3.63) is 68.8 Å². The lowest BCUT2D eigenvalue weighted by molar-refractivity contribution is 0.473. The van der Waals surface area contributed by atoms with Gasteiger partial charge in [0.2, 0.25) is 5.78 Å². The van der Waals surface area contributed by atoms with Crippen LogP contribution in [0.1, 0.15) is 0 Å². The number of imidazole rings is 2. The van der Waals surface area contributed by atoms with E-state index in [1.165, 1.54) is 11.6 Å². The molecule has 4 heterocycles. The van der Waals surface area contributed by atoms with Crippen molar-refractivity contribution in [1.82, 2.24) is 23.1 Å². The lowest BCUT2D eigenvalue weighted by atomic mass is 10.2. The molecule has 0 aliphatic carbocycles. The molecule has 8 nitrogen and oxygen atoms in total. The Bertz CT molecular complexity index is 1480. The van der Waals surface area contributed by atoms with E-state index in [-0.39, 0.29) is 5.75 Å². The first-order valence-corrected chi connectivity index (χ1v) is 9.39. The van der Waals surface area contributed by atoms with Crippen LogP contribution in [0.15, 0.2) is 57.6 Å². The van der Waals surface area contributed by atoms with Crippen molar-refractivity contribution in [3.63, 3.8) is 0 Å². The van der Waals surface area contributed by atoms with E-state index in [1.54, 1.807) is 45.6 Å². The van der Waals surface area contributed by atoms with E-state index in [1.807, 2.05) is 29.8 Å². The van der Waals surface area contributed by atoms with Gasteiger partial charge in [0.25, 0.3) is 5.56 Å². The highest BCUT2D eigenvalue weighted by molar-refractivity contribution is 7.13. The molecule has 5 rings (SSSR count). The fourth-order valence-electron chi connectivity index (χ4n) is 3.46. The molecular weight excluding hydrogens is 378 g/mol. The molecule has 0 saturated heterocycles. The van der Waals surface area contributed by atoms with Crippen molar-refractivity contribution >= 4 is 28.3 Å². The maximum Gasteiger partial charge on any atom is 0.332 e. The van der Waals surface area contributed by atoms with Gasteiger partial charge >= 0.3 is 5.69 Å². The second-order valence-electron chi connectivity index (χ2n) is 6.48. The van der Waals surface area contributed by atoms with E-state index in [9.17, 15) is 14.7 Å². The van der Waals surface area contributed by atoms with Gasteiger partial charge in [0.05, 0.1) is 16.3 Å². The second-order valence-corrected chi connectivity index (χ2v) is 7.42. The van der Waals surface area contributed by atoms with E-state index >= 15 is 0 Å². The summed E-state index contributed by atoms with van der Waals surface area (Å²) >= 11 is 1.55. The number of benzene rings is 1. The van der Waals surface area contributed by atoms with Crippen molar-refractivity contribution < 1.29 is 5.11 Å². The first-order chi connectivity index (χ1) is 13.5. The number of aryl methyl sites for hydroxylation is 1. The number of thiophene rings is 1. The normalized spacial score (nSPS) is 11.6. The smallest absolute Gasteiger partial charge is 0.332 e. The molecular formula is C19H15N5O3S. The van der Waals surface area contributed by atoms with Crippen LogP contribution in [0.2, 0.25) is 0 Å². The molecule has 9 heteroatoms. The monoisotopic (exact) mass is 393 g/mol. The van der Waals surface area contributed by atoms with Gasteiger partial charge in [-0.2, -0.15) is 4.98 Å². The maximum absolute atomic E-state index is 12.8. The third kappa shape index (κ3) is 2.07. The van der Waals surface area contributed by atoms with E-state index in [0.29, 0.717) is 22.6 Å². The van der Waals surface area contributed by atoms with E-state index in [0.717, 1.165) is 15.1 Å². The lowest BCUT2D eigenvalue weighted by Crippen LogP contribution is -2.37. The summed E-state index contributed by atoms with van der Waals surface area (Å²) in [6, 6.07) is 10.8. The average Bonchev–Trinajstić information content (AvgIpc) is 3.40. The van der Waals surface area contributed by atoms with Crippen LogP contribution < -0.4 is 11.2 Å². The lowest BCUT2D eigenvalue weighted by Gasteiger charge is -2.09. The Morgan fingerprint density at radius 3 is 2.54 bits per heavy atom. The van der Waals surface area contributed by atoms with Gasteiger partial charge in [-0.1, -0.05) is 18.2 Å². The zero-order valence-electron chi connectivity index (χ0n) is 15.0. The van der Waals surface area contributed by atoms with Gasteiger partial charge in [-0.25, -0.2) is 4.79 Å². The number of aromatic hydroxyl groups is 1. The van der Waals surface area contributed by atoms with Crippen LogP contribution in [0, 0.1) is 0 Å². The van der Waals surface area contributed by atoms with Crippen LogP contribution in [0.3, 0.4) is 0 Å². The van der Waals surface area contributed by atoms with Crippen molar-refractivity contribution in [2.75, 3.05) is 0 Å². The van der Waals surface area contributed by atoms with Crippen LogP contribution in [-0.2, 0) is 14.1 Å². The predicted octanol–water partition coefficient (Wildman–Crippen LogP) is 2.11. The molecule has 4 aromatic heterocycles. The van der Waals surface area contributed by atoms with E-state index < -0.39 is 11.2 Å². The van der Waals surface area contributed by atoms with Crippen LogP contribution in [0.5, 0.6) is 5.75 Å². The summed E-state index contributed by atoms with van der Waals surface area (Å²) in [5.74, 6) is 0.533. The van der Waals surface area contributed by atoms with Gasteiger partial charge in [-0.05, 0) is 23.6 Å². The summed E-state index contributed by atoms with van der Waals surface area (Å²) < 4.78 is 5.89. The highest BCUT2D eigenvalue weighted by Crippen LogP contribution is 2.34. The Hall–Kier alpha value is -3.59. The summed E-state index contributed by atoms with van der Waals surface area (Å²) in [7, 11) is 3.03. The minimum Gasteiger partial charge on any atom is -0.506 e. The van der Waals surface area contributed by atoms with Crippen molar-refractivity contribution in [3.8, 4) is 22.0 Å². The van der Waals surface area contributed by atoms with Crippen LogP contribution in [0.25, 0.3) is 33.2 Å². The maximum atomic E-state index is 12.8. The number of rotatable bonds is 2. The molecule has 0 amide bonds. The van der Waals surface area contributed by atoms with Crippen molar-refractivity contribution in [2.45, 2.75) is 0 Å². The topological polar surface area (TPSA) is 86.5 Å². The molecule has 1 N–H and O–H groups in total. The van der Waals surface area contributed by atoms with Crippen LogP contribution in [0.4, 0.5) is 0 Å². The Morgan fingerprint density at radius 2 is 1.82 bits per heavy atom. The Morgan fingerprint density at radius 1 is 1.04 bits per heavy atom. The third-order valence-corrected chi connectivity index (χ3v) is 5.75. The molecule has 0 radical (unpaired) electrons.